The summed E-state index contributed by atoms with van der Waals surface area (Å²) >= 11 is 7.43. The summed E-state index contributed by atoms with van der Waals surface area (Å²) in [5.41, 5.74) is 1.01. The Balaban J connectivity index is 1.88. The van der Waals surface area contributed by atoms with E-state index in [-0.39, 0.29) is 5.92 Å². The number of hydrogen-bond donors (Lipinski definition) is 1. The number of thiazole rings is 1. The molecule has 1 aliphatic rings. The van der Waals surface area contributed by atoms with Gasteiger partial charge in [-0.1, -0.05) is 23.7 Å². The van der Waals surface area contributed by atoms with Crippen molar-refractivity contribution < 1.29 is 9.90 Å². The van der Waals surface area contributed by atoms with Gasteiger partial charge in [0.25, 0.3) is 0 Å². The molecule has 2 aromatic rings. The molecule has 6 heteroatoms. The van der Waals surface area contributed by atoms with Crippen molar-refractivity contribution in [1.29, 1.82) is 0 Å². The van der Waals surface area contributed by atoms with Gasteiger partial charge in [-0.15, -0.1) is 11.3 Å². The molecule has 104 valence electrons. The van der Waals surface area contributed by atoms with Crippen molar-refractivity contribution in [1.82, 2.24) is 4.98 Å². The van der Waals surface area contributed by atoms with Gasteiger partial charge in [0, 0.05) is 35.6 Å². The van der Waals surface area contributed by atoms with Gasteiger partial charge in [-0.3, -0.25) is 4.79 Å². The van der Waals surface area contributed by atoms with E-state index in [1.165, 1.54) is 11.3 Å². The fourth-order valence-electron chi connectivity index (χ4n) is 2.63. The van der Waals surface area contributed by atoms with Gasteiger partial charge in [0.2, 0.25) is 0 Å². The fourth-order valence-corrected chi connectivity index (χ4v) is 3.42. The van der Waals surface area contributed by atoms with Crippen LogP contribution >= 0.6 is 22.9 Å². The van der Waals surface area contributed by atoms with Crippen LogP contribution in [0.3, 0.4) is 0 Å². The maximum Gasteiger partial charge on any atom is 0.308 e. The highest BCUT2D eigenvalue weighted by Crippen LogP contribution is 2.36. The number of hydrogen-bond acceptors (Lipinski definition) is 4. The predicted octanol–water partition coefficient (Wildman–Crippen LogP) is 3.10. The van der Waals surface area contributed by atoms with Crippen LogP contribution < -0.4 is 4.90 Å². The molecule has 1 aliphatic heterocycles. The first kappa shape index (κ1) is 13.4. The average molecular weight is 309 g/mol. The quantitative estimate of drug-likeness (QED) is 0.946. The Bertz CT molecular complexity index is 600. The van der Waals surface area contributed by atoms with Crippen LogP contribution in [0.25, 0.3) is 0 Å². The van der Waals surface area contributed by atoms with Crippen molar-refractivity contribution in [2.75, 3.05) is 18.0 Å². The summed E-state index contributed by atoms with van der Waals surface area (Å²) in [6.45, 7) is 1.17. The third-order valence-corrected chi connectivity index (χ3v) is 4.71. The maximum atomic E-state index is 11.5. The van der Waals surface area contributed by atoms with E-state index < -0.39 is 11.9 Å². The summed E-state index contributed by atoms with van der Waals surface area (Å²) in [6, 6.07) is 7.44. The number of halogens is 1. The molecule has 4 nitrogen and oxygen atoms in total. The Hall–Kier alpha value is -1.59. The molecule has 0 saturated carbocycles. The number of carbonyl (C=O) groups is 1. The molecule has 1 N–H and O–H groups in total. The molecule has 1 aromatic heterocycles. The van der Waals surface area contributed by atoms with Crippen LogP contribution in [0.4, 0.5) is 5.13 Å². The van der Waals surface area contributed by atoms with Crippen molar-refractivity contribution in [3.05, 3.63) is 46.4 Å². The van der Waals surface area contributed by atoms with E-state index in [2.05, 4.69) is 4.98 Å². The van der Waals surface area contributed by atoms with E-state index in [0.29, 0.717) is 18.1 Å². The lowest BCUT2D eigenvalue weighted by molar-refractivity contribution is -0.141. The van der Waals surface area contributed by atoms with Crippen LogP contribution in [0.2, 0.25) is 5.02 Å². The number of nitrogens with zero attached hydrogens (tertiary/aromatic N) is 2. The summed E-state index contributed by atoms with van der Waals surface area (Å²) in [6.07, 6.45) is 1.74. The third kappa shape index (κ3) is 2.51. The number of benzene rings is 1. The first-order valence-electron chi connectivity index (χ1n) is 6.28. The molecular formula is C14H13ClN2O2S. The molecule has 2 atom stereocenters. The number of aliphatic carboxylic acids is 1. The molecule has 20 heavy (non-hydrogen) atoms. The second kappa shape index (κ2) is 5.42. The second-order valence-corrected chi connectivity index (χ2v) is 6.13. The highest BCUT2D eigenvalue weighted by molar-refractivity contribution is 7.13. The molecule has 0 spiro atoms. The van der Waals surface area contributed by atoms with Crippen LogP contribution in [0.1, 0.15) is 11.5 Å². The van der Waals surface area contributed by atoms with E-state index in [4.69, 9.17) is 11.6 Å². The van der Waals surface area contributed by atoms with Gasteiger partial charge < -0.3 is 10.0 Å². The standard InChI is InChI=1S/C14H13ClN2O2S/c15-10-3-1-9(2-4-10)11-7-17(8-12(11)13(18)19)14-16-5-6-20-14/h1-6,11-12H,7-8H2,(H,18,19)/t11-,12+/m0/s1. The van der Waals surface area contributed by atoms with Crippen molar-refractivity contribution in [2.24, 2.45) is 5.92 Å². The molecule has 1 fully saturated rings. The number of carboxylic acid groups (broad SMARTS) is 1. The highest BCUT2D eigenvalue weighted by atomic mass is 35.5. The molecule has 0 amide bonds. The zero-order chi connectivity index (χ0) is 14.1. The fraction of sp³-hybridized carbons (Fsp3) is 0.286. The first-order chi connectivity index (χ1) is 9.65. The molecule has 0 aliphatic carbocycles. The number of rotatable bonds is 3. The Morgan fingerprint density at radius 3 is 2.70 bits per heavy atom. The van der Waals surface area contributed by atoms with Crippen LogP contribution in [0.5, 0.6) is 0 Å². The number of carboxylic acids is 1. The summed E-state index contributed by atoms with van der Waals surface area (Å²) in [5, 5.41) is 12.9. The Morgan fingerprint density at radius 1 is 1.35 bits per heavy atom. The van der Waals surface area contributed by atoms with E-state index in [9.17, 15) is 9.90 Å². The van der Waals surface area contributed by atoms with Crippen molar-refractivity contribution in [3.8, 4) is 0 Å². The Kier molecular flexibility index (Phi) is 3.63. The lowest BCUT2D eigenvalue weighted by Crippen LogP contribution is -2.22. The molecule has 0 unspecified atom stereocenters. The van der Waals surface area contributed by atoms with Crippen LogP contribution in [-0.4, -0.2) is 29.1 Å². The van der Waals surface area contributed by atoms with Crippen LogP contribution in [0.15, 0.2) is 35.8 Å². The zero-order valence-corrected chi connectivity index (χ0v) is 12.1. The number of anilines is 1. The van der Waals surface area contributed by atoms with E-state index in [0.717, 1.165) is 10.7 Å². The smallest absolute Gasteiger partial charge is 0.308 e. The highest BCUT2D eigenvalue weighted by Gasteiger charge is 2.39. The Morgan fingerprint density at radius 2 is 2.10 bits per heavy atom. The largest absolute Gasteiger partial charge is 0.481 e. The van der Waals surface area contributed by atoms with E-state index in [1.54, 1.807) is 6.20 Å². The molecule has 2 heterocycles. The predicted molar refractivity (Wildman–Crippen MR) is 79.6 cm³/mol. The Labute approximate surface area is 125 Å². The molecule has 0 radical (unpaired) electrons. The lowest BCUT2D eigenvalue weighted by Gasteiger charge is -2.15. The summed E-state index contributed by atoms with van der Waals surface area (Å²) in [4.78, 5) is 17.8. The van der Waals surface area contributed by atoms with Gasteiger partial charge in [0.15, 0.2) is 5.13 Å². The van der Waals surface area contributed by atoms with Crippen molar-refractivity contribution in [3.63, 3.8) is 0 Å². The summed E-state index contributed by atoms with van der Waals surface area (Å²) < 4.78 is 0. The van der Waals surface area contributed by atoms with Gasteiger partial charge in [-0.05, 0) is 17.7 Å². The second-order valence-electron chi connectivity index (χ2n) is 4.82. The van der Waals surface area contributed by atoms with Gasteiger partial charge in [-0.2, -0.15) is 0 Å². The van der Waals surface area contributed by atoms with Gasteiger partial charge in [0.05, 0.1) is 5.92 Å². The zero-order valence-electron chi connectivity index (χ0n) is 10.6. The monoisotopic (exact) mass is 308 g/mol. The topological polar surface area (TPSA) is 53.4 Å². The molecule has 1 aromatic carbocycles. The van der Waals surface area contributed by atoms with E-state index in [1.807, 2.05) is 34.5 Å². The maximum absolute atomic E-state index is 11.5. The average Bonchev–Trinajstić information content (AvgIpc) is 3.08. The molecular weight excluding hydrogens is 296 g/mol. The third-order valence-electron chi connectivity index (χ3n) is 3.63. The normalized spacial score (nSPS) is 22.1. The lowest BCUT2D eigenvalue weighted by atomic mass is 9.89. The van der Waals surface area contributed by atoms with Crippen molar-refractivity contribution in [2.45, 2.75) is 5.92 Å². The summed E-state index contributed by atoms with van der Waals surface area (Å²) in [5.74, 6) is -1.21. The van der Waals surface area contributed by atoms with Gasteiger partial charge in [0.1, 0.15) is 0 Å². The van der Waals surface area contributed by atoms with Crippen molar-refractivity contribution >= 4 is 34.0 Å². The minimum atomic E-state index is -0.760. The summed E-state index contributed by atoms with van der Waals surface area (Å²) in [7, 11) is 0. The van der Waals surface area contributed by atoms with Gasteiger partial charge >= 0.3 is 5.97 Å². The molecule has 1 saturated heterocycles. The minimum Gasteiger partial charge on any atom is -0.481 e. The van der Waals surface area contributed by atoms with Crippen LogP contribution in [0, 0.1) is 5.92 Å². The van der Waals surface area contributed by atoms with Crippen LogP contribution in [-0.2, 0) is 4.79 Å². The minimum absolute atomic E-state index is 0.0336. The molecule has 0 bridgehead atoms. The molecule has 3 rings (SSSR count). The number of aromatic nitrogens is 1. The van der Waals surface area contributed by atoms with Gasteiger partial charge in [-0.25, -0.2) is 4.98 Å². The first-order valence-corrected chi connectivity index (χ1v) is 7.53. The SMILES string of the molecule is O=C(O)[C@@H]1CN(c2nccs2)C[C@H]1c1ccc(Cl)cc1. The van der Waals surface area contributed by atoms with E-state index >= 15 is 0 Å².